The summed E-state index contributed by atoms with van der Waals surface area (Å²) >= 11 is 6.40. The Hall–Kier alpha value is -2.92. The van der Waals surface area contributed by atoms with Crippen molar-refractivity contribution in [2.45, 2.75) is 19.9 Å². The van der Waals surface area contributed by atoms with E-state index in [1.165, 1.54) is 6.07 Å². The maximum absolute atomic E-state index is 14.7. The summed E-state index contributed by atoms with van der Waals surface area (Å²) < 4.78 is 16.5. The average Bonchev–Trinajstić information content (AvgIpc) is 3.03. The van der Waals surface area contributed by atoms with E-state index in [0.29, 0.717) is 10.6 Å². The number of halogens is 2. The lowest BCUT2D eigenvalue weighted by Gasteiger charge is -2.19. The summed E-state index contributed by atoms with van der Waals surface area (Å²) in [6, 6.07) is 12.6. The zero-order valence-electron chi connectivity index (χ0n) is 15.9. The number of anilines is 1. The number of hydrogen-bond donors (Lipinski definition) is 1. The molecule has 0 radical (unpaired) electrons. The second-order valence-corrected chi connectivity index (χ2v) is 7.28. The molecular formula is C22H20ClFN4. The maximum atomic E-state index is 14.7. The quantitative estimate of drug-likeness (QED) is 0.468. The Morgan fingerprint density at radius 1 is 1.14 bits per heavy atom. The Labute approximate surface area is 168 Å². The van der Waals surface area contributed by atoms with Crippen LogP contribution >= 0.6 is 11.6 Å². The number of benzene rings is 2. The summed E-state index contributed by atoms with van der Waals surface area (Å²) in [6.45, 7) is 3.92. The van der Waals surface area contributed by atoms with E-state index in [1.54, 1.807) is 18.5 Å². The van der Waals surface area contributed by atoms with E-state index in [9.17, 15) is 4.39 Å². The minimum absolute atomic E-state index is 0.264. The normalized spacial score (nSPS) is 12.3. The summed E-state index contributed by atoms with van der Waals surface area (Å²) in [4.78, 5) is 4.35. The van der Waals surface area contributed by atoms with Crippen molar-refractivity contribution < 1.29 is 4.39 Å². The highest BCUT2D eigenvalue weighted by Crippen LogP contribution is 2.34. The Morgan fingerprint density at radius 2 is 1.93 bits per heavy atom. The van der Waals surface area contributed by atoms with Crippen molar-refractivity contribution in [3.8, 4) is 11.1 Å². The number of rotatable bonds is 4. The lowest BCUT2D eigenvalue weighted by Crippen LogP contribution is -2.10. The van der Waals surface area contributed by atoms with Gasteiger partial charge in [0.05, 0.1) is 28.5 Å². The molecule has 0 fully saturated rings. The van der Waals surface area contributed by atoms with Gasteiger partial charge in [0.1, 0.15) is 5.82 Å². The molecular weight excluding hydrogens is 375 g/mol. The average molecular weight is 395 g/mol. The van der Waals surface area contributed by atoms with Gasteiger partial charge in [0.25, 0.3) is 0 Å². The van der Waals surface area contributed by atoms with Crippen LogP contribution in [0.2, 0.25) is 5.02 Å². The second-order valence-electron chi connectivity index (χ2n) is 6.87. The van der Waals surface area contributed by atoms with Gasteiger partial charge in [-0.3, -0.25) is 9.67 Å². The number of fused-ring (bicyclic) bond motifs is 1. The number of hydrogen-bond acceptors (Lipinski definition) is 3. The molecule has 4 aromatic rings. The van der Waals surface area contributed by atoms with Gasteiger partial charge >= 0.3 is 0 Å². The monoisotopic (exact) mass is 394 g/mol. The Balaban J connectivity index is 1.73. The van der Waals surface area contributed by atoms with Gasteiger partial charge in [-0.1, -0.05) is 35.9 Å². The summed E-state index contributed by atoms with van der Waals surface area (Å²) in [5.74, 6) is -0.264. The number of aryl methyl sites for hydroxylation is 1. The molecule has 1 atom stereocenters. The van der Waals surface area contributed by atoms with Crippen molar-refractivity contribution in [2.75, 3.05) is 5.32 Å². The Kier molecular flexibility index (Phi) is 4.77. The molecule has 1 unspecified atom stereocenters. The molecule has 0 aliphatic heterocycles. The predicted molar refractivity (Wildman–Crippen MR) is 112 cm³/mol. The van der Waals surface area contributed by atoms with Crippen LogP contribution in [0.25, 0.3) is 22.0 Å². The number of pyridine rings is 1. The van der Waals surface area contributed by atoms with Crippen molar-refractivity contribution >= 4 is 28.2 Å². The second kappa shape index (κ2) is 7.24. The van der Waals surface area contributed by atoms with Crippen LogP contribution in [0.5, 0.6) is 0 Å². The minimum Gasteiger partial charge on any atom is -0.377 e. The first kappa shape index (κ1) is 18.4. The Morgan fingerprint density at radius 3 is 2.68 bits per heavy atom. The zero-order chi connectivity index (χ0) is 19.8. The lowest BCUT2D eigenvalue weighted by atomic mass is 9.99. The molecule has 2 heterocycles. The molecule has 0 aliphatic carbocycles. The van der Waals surface area contributed by atoms with Crippen LogP contribution in [0.3, 0.4) is 0 Å². The zero-order valence-corrected chi connectivity index (χ0v) is 16.6. The fourth-order valence-electron chi connectivity index (χ4n) is 3.38. The van der Waals surface area contributed by atoms with E-state index in [2.05, 4.69) is 15.4 Å². The van der Waals surface area contributed by atoms with Gasteiger partial charge in [-0.25, -0.2) is 4.39 Å². The van der Waals surface area contributed by atoms with E-state index < -0.39 is 0 Å². The fraction of sp³-hybridized carbons (Fsp3) is 0.182. The number of aromatic nitrogens is 3. The molecule has 1 N–H and O–H groups in total. The minimum atomic E-state index is -0.291. The molecule has 2 aromatic carbocycles. The van der Waals surface area contributed by atoms with Gasteiger partial charge < -0.3 is 5.32 Å². The van der Waals surface area contributed by atoms with Gasteiger partial charge in [-0.2, -0.15) is 5.10 Å². The number of nitrogens with zero attached hydrogens (tertiary/aromatic N) is 3. The molecule has 0 saturated carbocycles. The smallest absolute Gasteiger partial charge is 0.128 e. The summed E-state index contributed by atoms with van der Waals surface area (Å²) in [5, 5.41) is 9.07. The molecule has 0 aliphatic rings. The van der Waals surface area contributed by atoms with Gasteiger partial charge in [-0.15, -0.1) is 0 Å². The third-order valence-electron chi connectivity index (χ3n) is 5.10. The molecule has 0 bridgehead atoms. The van der Waals surface area contributed by atoms with Crippen LogP contribution in [0.4, 0.5) is 10.1 Å². The van der Waals surface area contributed by atoms with Crippen molar-refractivity contribution in [2.24, 2.45) is 7.05 Å². The van der Waals surface area contributed by atoms with Gasteiger partial charge in [0.2, 0.25) is 0 Å². The van der Waals surface area contributed by atoms with Crippen LogP contribution in [-0.2, 0) is 7.05 Å². The fourth-order valence-corrected chi connectivity index (χ4v) is 3.59. The van der Waals surface area contributed by atoms with Gasteiger partial charge in [-0.05, 0) is 37.6 Å². The SMILES string of the molecule is Cc1c(-c2ccc(F)c(C(C)Nc3c(Cl)cnc4ccccc34)c2)cnn1C. The van der Waals surface area contributed by atoms with Crippen LogP contribution in [0, 0.1) is 12.7 Å². The molecule has 2 aromatic heterocycles. The van der Waals surface area contributed by atoms with Crippen LogP contribution < -0.4 is 5.32 Å². The third kappa shape index (κ3) is 3.22. The third-order valence-corrected chi connectivity index (χ3v) is 5.39. The largest absolute Gasteiger partial charge is 0.377 e. The standard InChI is InChI=1S/C22H20ClFN4/c1-13(27-22-16-6-4-5-7-21(16)25-12-19(22)23)17-10-15(8-9-20(17)24)18-11-26-28(3)14(18)2/h4-13H,1-3H3,(H,25,27). The molecule has 4 rings (SSSR count). The van der Waals surface area contributed by atoms with Gasteiger partial charge in [0.15, 0.2) is 0 Å². The Bertz CT molecular complexity index is 1170. The van der Waals surface area contributed by atoms with E-state index in [1.807, 2.05) is 55.9 Å². The van der Waals surface area contributed by atoms with Crippen molar-refractivity contribution in [3.63, 3.8) is 0 Å². The van der Waals surface area contributed by atoms with E-state index in [-0.39, 0.29) is 11.9 Å². The van der Waals surface area contributed by atoms with E-state index in [0.717, 1.165) is 33.4 Å². The molecule has 142 valence electrons. The van der Waals surface area contributed by atoms with Crippen molar-refractivity contribution in [1.82, 2.24) is 14.8 Å². The van der Waals surface area contributed by atoms with E-state index >= 15 is 0 Å². The molecule has 0 saturated heterocycles. The highest BCUT2D eigenvalue weighted by Gasteiger charge is 2.17. The summed E-state index contributed by atoms with van der Waals surface area (Å²) in [7, 11) is 1.89. The van der Waals surface area contributed by atoms with Crippen LogP contribution in [0.1, 0.15) is 24.2 Å². The molecule has 4 nitrogen and oxygen atoms in total. The topological polar surface area (TPSA) is 42.7 Å². The van der Waals surface area contributed by atoms with E-state index in [4.69, 9.17) is 11.6 Å². The van der Waals surface area contributed by atoms with Crippen LogP contribution in [-0.4, -0.2) is 14.8 Å². The lowest BCUT2D eigenvalue weighted by molar-refractivity contribution is 0.600. The molecule has 0 spiro atoms. The molecule has 6 heteroatoms. The number of nitrogens with one attached hydrogen (secondary N) is 1. The van der Waals surface area contributed by atoms with Crippen molar-refractivity contribution in [1.29, 1.82) is 0 Å². The van der Waals surface area contributed by atoms with Gasteiger partial charge in [0, 0.05) is 35.5 Å². The first-order chi connectivity index (χ1) is 13.5. The molecule has 0 amide bonds. The number of para-hydroxylation sites is 1. The predicted octanol–water partition coefficient (Wildman–Crippen LogP) is 5.91. The maximum Gasteiger partial charge on any atom is 0.128 e. The summed E-state index contributed by atoms with van der Waals surface area (Å²) in [6.07, 6.45) is 3.42. The van der Waals surface area contributed by atoms with Crippen LogP contribution in [0.15, 0.2) is 54.9 Å². The summed E-state index contributed by atoms with van der Waals surface area (Å²) in [5.41, 5.74) is 5.10. The highest BCUT2D eigenvalue weighted by atomic mass is 35.5. The highest BCUT2D eigenvalue weighted by molar-refractivity contribution is 6.34. The first-order valence-corrected chi connectivity index (χ1v) is 9.41. The molecule has 28 heavy (non-hydrogen) atoms. The first-order valence-electron chi connectivity index (χ1n) is 9.04. The van der Waals surface area contributed by atoms with Crippen molar-refractivity contribution in [3.05, 3.63) is 77.0 Å².